The second kappa shape index (κ2) is 7.13. The molecular formula is C20H25N3O2. The van der Waals surface area contributed by atoms with Crippen LogP contribution in [0.4, 0.5) is 16.3 Å². The molecule has 132 valence electrons. The number of hydrogen-bond acceptors (Lipinski definition) is 4. The van der Waals surface area contributed by atoms with E-state index in [1.54, 1.807) is 4.90 Å². The van der Waals surface area contributed by atoms with Crippen LogP contribution in [0, 0.1) is 0 Å². The van der Waals surface area contributed by atoms with E-state index in [0.717, 1.165) is 30.0 Å². The van der Waals surface area contributed by atoms with Gasteiger partial charge in [-0.25, -0.2) is 9.78 Å². The lowest BCUT2D eigenvalue weighted by atomic mass is 10.0. The summed E-state index contributed by atoms with van der Waals surface area (Å²) in [4.78, 5) is 18.5. The standard InChI is InChI=1S/C20H25N3O2/c1-20(2,3)25-19(24)23-12-11-16(14-23)15-9-10-18(21-13-15)22-17-7-5-4-6-8-17/h4-10,13,16H,11-12,14H2,1-3H3,(H,21,22)/t16-/m0/s1. The van der Waals surface area contributed by atoms with E-state index >= 15 is 0 Å². The first kappa shape index (κ1) is 17.3. The largest absolute Gasteiger partial charge is 0.444 e. The maximum absolute atomic E-state index is 12.2. The average molecular weight is 339 g/mol. The summed E-state index contributed by atoms with van der Waals surface area (Å²) in [6, 6.07) is 14.0. The molecule has 1 amide bonds. The molecule has 2 heterocycles. The number of aromatic nitrogens is 1. The second-order valence-corrected chi connectivity index (χ2v) is 7.38. The third kappa shape index (κ3) is 4.72. The summed E-state index contributed by atoms with van der Waals surface area (Å²) < 4.78 is 5.45. The van der Waals surface area contributed by atoms with Gasteiger partial charge in [-0.1, -0.05) is 24.3 Å². The van der Waals surface area contributed by atoms with Crippen molar-refractivity contribution in [2.24, 2.45) is 0 Å². The fourth-order valence-corrected chi connectivity index (χ4v) is 2.91. The second-order valence-electron chi connectivity index (χ2n) is 7.38. The molecule has 0 spiro atoms. The van der Waals surface area contributed by atoms with E-state index in [2.05, 4.69) is 16.4 Å². The van der Waals surface area contributed by atoms with Crippen LogP contribution in [0.2, 0.25) is 0 Å². The molecule has 2 aromatic rings. The van der Waals surface area contributed by atoms with Gasteiger partial charge in [0.1, 0.15) is 11.4 Å². The molecule has 5 nitrogen and oxygen atoms in total. The first-order valence-corrected chi connectivity index (χ1v) is 8.67. The number of nitrogens with zero attached hydrogens (tertiary/aromatic N) is 2. The molecule has 1 aliphatic heterocycles. The Bertz CT molecular complexity index is 708. The molecule has 1 aliphatic rings. The number of likely N-dealkylation sites (tertiary alicyclic amines) is 1. The van der Waals surface area contributed by atoms with Crippen LogP contribution < -0.4 is 5.32 Å². The number of para-hydroxylation sites is 1. The molecule has 0 unspecified atom stereocenters. The number of amides is 1. The molecule has 0 aliphatic carbocycles. The van der Waals surface area contributed by atoms with Crippen molar-refractivity contribution in [1.29, 1.82) is 0 Å². The summed E-state index contributed by atoms with van der Waals surface area (Å²) in [7, 11) is 0. The van der Waals surface area contributed by atoms with Gasteiger partial charge in [0.15, 0.2) is 0 Å². The van der Waals surface area contributed by atoms with Gasteiger partial charge in [0.05, 0.1) is 0 Å². The number of ether oxygens (including phenoxy) is 1. The zero-order chi connectivity index (χ0) is 17.9. The number of nitrogens with one attached hydrogen (secondary N) is 1. The highest BCUT2D eigenvalue weighted by Crippen LogP contribution is 2.28. The first-order valence-electron chi connectivity index (χ1n) is 8.67. The molecule has 1 N–H and O–H groups in total. The smallest absolute Gasteiger partial charge is 0.410 e. The van der Waals surface area contributed by atoms with Crippen LogP contribution >= 0.6 is 0 Å². The number of benzene rings is 1. The van der Waals surface area contributed by atoms with Crippen LogP contribution in [0.3, 0.4) is 0 Å². The van der Waals surface area contributed by atoms with Gasteiger partial charge in [0, 0.05) is 30.9 Å². The molecule has 0 radical (unpaired) electrons. The normalized spacial score (nSPS) is 17.4. The highest BCUT2D eigenvalue weighted by molar-refractivity contribution is 5.68. The SMILES string of the molecule is CC(C)(C)OC(=O)N1CC[C@H](c2ccc(Nc3ccccc3)nc2)C1. The number of carbonyl (C=O) groups is 1. The molecule has 25 heavy (non-hydrogen) atoms. The van der Waals surface area contributed by atoms with Crippen molar-refractivity contribution in [1.82, 2.24) is 9.88 Å². The van der Waals surface area contributed by atoms with Crippen molar-refractivity contribution < 1.29 is 9.53 Å². The van der Waals surface area contributed by atoms with E-state index in [0.29, 0.717) is 12.5 Å². The predicted molar refractivity (Wildman–Crippen MR) is 99.1 cm³/mol. The molecule has 1 aromatic heterocycles. The Morgan fingerprint density at radius 2 is 1.96 bits per heavy atom. The fourth-order valence-electron chi connectivity index (χ4n) is 2.91. The van der Waals surface area contributed by atoms with E-state index in [-0.39, 0.29) is 6.09 Å². The van der Waals surface area contributed by atoms with Crippen molar-refractivity contribution in [3.05, 3.63) is 54.2 Å². The lowest BCUT2D eigenvalue weighted by Gasteiger charge is -2.24. The number of anilines is 2. The maximum atomic E-state index is 12.2. The molecule has 0 saturated carbocycles. The molecule has 3 rings (SSSR count). The van der Waals surface area contributed by atoms with E-state index < -0.39 is 5.60 Å². The van der Waals surface area contributed by atoms with Gasteiger partial charge in [-0.2, -0.15) is 0 Å². The molecule has 1 fully saturated rings. The van der Waals surface area contributed by atoms with E-state index in [1.165, 1.54) is 0 Å². The minimum atomic E-state index is -0.457. The fraction of sp³-hybridized carbons (Fsp3) is 0.400. The van der Waals surface area contributed by atoms with Crippen molar-refractivity contribution in [3.63, 3.8) is 0 Å². The predicted octanol–water partition coefficient (Wildman–Crippen LogP) is 4.55. The molecular weight excluding hydrogens is 314 g/mol. The molecule has 1 saturated heterocycles. The highest BCUT2D eigenvalue weighted by Gasteiger charge is 2.30. The van der Waals surface area contributed by atoms with Crippen LogP contribution in [0.5, 0.6) is 0 Å². The minimum Gasteiger partial charge on any atom is -0.444 e. The first-order chi connectivity index (χ1) is 11.9. The van der Waals surface area contributed by atoms with Gasteiger partial charge in [0.25, 0.3) is 0 Å². The van der Waals surface area contributed by atoms with Gasteiger partial charge in [-0.05, 0) is 51.0 Å². The van der Waals surface area contributed by atoms with E-state index in [1.807, 2.05) is 63.4 Å². The van der Waals surface area contributed by atoms with Gasteiger partial charge in [-0.3, -0.25) is 0 Å². The zero-order valence-corrected chi connectivity index (χ0v) is 15.0. The molecule has 0 bridgehead atoms. The molecule has 1 aromatic carbocycles. The van der Waals surface area contributed by atoms with E-state index in [4.69, 9.17) is 4.74 Å². The van der Waals surface area contributed by atoms with Crippen molar-refractivity contribution in [3.8, 4) is 0 Å². The summed E-state index contributed by atoms with van der Waals surface area (Å²) in [5, 5.41) is 3.28. The zero-order valence-electron chi connectivity index (χ0n) is 15.0. The number of pyridine rings is 1. The summed E-state index contributed by atoms with van der Waals surface area (Å²) in [5.74, 6) is 1.13. The van der Waals surface area contributed by atoms with Crippen LogP contribution in [0.15, 0.2) is 48.7 Å². The third-order valence-corrected chi connectivity index (χ3v) is 4.14. The Morgan fingerprint density at radius 1 is 1.20 bits per heavy atom. The van der Waals surface area contributed by atoms with Gasteiger partial charge in [-0.15, -0.1) is 0 Å². The van der Waals surface area contributed by atoms with Crippen molar-refractivity contribution in [2.75, 3.05) is 18.4 Å². The number of carbonyl (C=O) groups excluding carboxylic acids is 1. The Hall–Kier alpha value is -2.56. The van der Waals surface area contributed by atoms with Gasteiger partial charge in [0.2, 0.25) is 0 Å². The molecule has 5 heteroatoms. The van der Waals surface area contributed by atoms with Gasteiger partial charge >= 0.3 is 6.09 Å². The monoisotopic (exact) mass is 339 g/mol. The van der Waals surface area contributed by atoms with Crippen molar-refractivity contribution >= 4 is 17.6 Å². The summed E-state index contributed by atoms with van der Waals surface area (Å²) in [5.41, 5.74) is 1.71. The minimum absolute atomic E-state index is 0.231. The maximum Gasteiger partial charge on any atom is 0.410 e. The lowest BCUT2D eigenvalue weighted by Crippen LogP contribution is -2.35. The Kier molecular flexibility index (Phi) is 4.93. The summed E-state index contributed by atoms with van der Waals surface area (Å²) in [6.45, 7) is 7.08. The summed E-state index contributed by atoms with van der Waals surface area (Å²) in [6.07, 6.45) is 2.60. The molecule has 1 atom stereocenters. The highest BCUT2D eigenvalue weighted by atomic mass is 16.6. The summed E-state index contributed by atoms with van der Waals surface area (Å²) >= 11 is 0. The third-order valence-electron chi connectivity index (χ3n) is 4.14. The van der Waals surface area contributed by atoms with Crippen LogP contribution in [0.1, 0.15) is 38.7 Å². The van der Waals surface area contributed by atoms with Crippen LogP contribution in [-0.2, 0) is 4.74 Å². The number of hydrogen-bond donors (Lipinski definition) is 1. The Labute approximate surface area is 149 Å². The van der Waals surface area contributed by atoms with Crippen LogP contribution in [-0.4, -0.2) is 34.7 Å². The van der Waals surface area contributed by atoms with Crippen LogP contribution in [0.25, 0.3) is 0 Å². The Morgan fingerprint density at radius 3 is 2.60 bits per heavy atom. The topological polar surface area (TPSA) is 54.5 Å². The average Bonchev–Trinajstić information content (AvgIpc) is 3.05. The van der Waals surface area contributed by atoms with Crippen molar-refractivity contribution in [2.45, 2.75) is 38.7 Å². The van der Waals surface area contributed by atoms with E-state index in [9.17, 15) is 4.79 Å². The van der Waals surface area contributed by atoms with Gasteiger partial charge < -0.3 is 15.0 Å². The Balaban J connectivity index is 1.59. The lowest BCUT2D eigenvalue weighted by molar-refractivity contribution is 0.0292. The quantitative estimate of drug-likeness (QED) is 0.891. The number of rotatable bonds is 3.